The van der Waals surface area contributed by atoms with Gasteiger partial charge in [-0.1, -0.05) is 6.92 Å². The summed E-state index contributed by atoms with van der Waals surface area (Å²) in [5.74, 6) is 0.609. The third kappa shape index (κ3) is 1.52. The lowest BCUT2D eigenvalue weighted by Gasteiger charge is -2.03. The number of Topliss-reactive ketones (excluding diaryl/α,β-unsaturated/α-hetero) is 1. The van der Waals surface area contributed by atoms with Crippen LogP contribution in [0.1, 0.15) is 26.2 Å². The minimum Gasteiger partial charge on any atom is -0.322 e. The van der Waals surface area contributed by atoms with Crippen LogP contribution in [0, 0.1) is 5.92 Å². The second-order valence-corrected chi connectivity index (χ2v) is 2.69. The molecule has 2 N–H and O–H groups in total. The van der Waals surface area contributed by atoms with Crippen LogP contribution in [0.3, 0.4) is 0 Å². The maximum Gasteiger partial charge on any atom is 0.152 e. The van der Waals surface area contributed by atoms with E-state index < -0.39 is 0 Å². The number of carbonyl (C=O) groups excluding carboxylic acids is 1. The van der Waals surface area contributed by atoms with Gasteiger partial charge in [-0.15, -0.1) is 0 Å². The Kier molecular flexibility index (Phi) is 1.86. The zero-order chi connectivity index (χ0) is 6.85. The predicted molar refractivity (Wildman–Crippen MR) is 36.0 cm³/mol. The molecule has 0 heterocycles. The molecule has 0 radical (unpaired) electrons. The van der Waals surface area contributed by atoms with Crippen molar-refractivity contribution in [2.24, 2.45) is 11.7 Å². The number of ketones is 1. The Morgan fingerprint density at radius 2 is 2.33 bits per heavy atom. The molecule has 2 heteroatoms. The van der Waals surface area contributed by atoms with E-state index in [1.165, 1.54) is 0 Å². The Hall–Kier alpha value is -0.370. The molecule has 0 saturated heterocycles. The van der Waals surface area contributed by atoms with Crippen molar-refractivity contribution in [1.29, 1.82) is 0 Å². The van der Waals surface area contributed by atoms with Gasteiger partial charge in [-0.3, -0.25) is 4.79 Å². The van der Waals surface area contributed by atoms with E-state index in [1.807, 2.05) is 6.92 Å². The SMILES string of the molecule is CC[C@H](N)C(=O)C1CC1. The van der Waals surface area contributed by atoms with Crippen LogP contribution >= 0.6 is 0 Å². The third-order valence-electron chi connectivity index (χ3n) is 1.78. The molecule has 0 aliphatic heterocycles. The van der Waals surface area contributed by atoms with Crippen LogP contribution in [0.5, 0.6) is 0 Å². The lowest BCUT2D eigenvalue weighted by atomic mass is 10.1. The van der Waals surface area contributed by atoms with E-state index >= 15 is 0 Å². The second-order valence-electron chi connectivity index (χ2n) is 2.69. The van der Waals surface area contributed by atoms with E-state index in [0.717, 1.165) is 19.3 Å². The van der Waals surface area contributed by atoms with E-state index in [-0.39, 0.29) is 11.8 Å². The highest BCUT2D eigenvalue weighted by molar-refractivity contribution is 5.87. The van der Waals surface area contributed by atoms with Crippen molar-refractivity contribution in [3.63, 3.8) is 0 Å². The van der Waals surface area contributed by atoms with Gasteiger partial charge in [-0.2, -0.15) is 0 Å². The first-order valence-electron chi connectivity index (χ1n) is 3.55. The van der Waals surface area contributed by atoms with E-state index in [2.05, 4.69) is 0 Å². The van der Waals surface area contributed by atoms with Crippen molar-refractivity contribution in [1.82, 2.24) is 0 Å². The molecular formula is C7H13NO. The first kappa shape index (κ1) is 6.75. The molecule has 52 valence electrons. The minimum atomic E-state index is -0.183. The van der Waals surface area contributed by atoms with E-state index in [9.17, 15) is 4.79 Å². The first-order chi connectivity index (χ1) is 4.25. The van der Waals surface area contributed by atoms with Crippen molar-refractivity contribution in [2.75, 3.05) is 0 Å². The second kappa shape index (κ2) is 2.48. The maximum absolute atomic E-state index is 11.0. The van der Waals surface area contributed by atoms with Crippen LogP contribution in [-0.4, -0.2) is 11.8 Å². The van der Waals surface area contributed by atoms with Crippen LogP contribution in [0.4, 0.5) is 0 Å². The van der Waals surface area contributed by atoms with Gasteiger partial charge in [0.2, 0.25) is 0 Å². The first-order valence-corrected chi connectivity index (χ1v) is 3.55. The third-order valence-corrected chi connectivity index (χ3v) is 1.78. The van der Waals surface area contributed by atoms with Gasteiger partial charge in [-0.05, 0) is 19.3 Å². The molecule has 0 aromatic carbocycles. The van der Waals surface area contributed by atoms with Crippen molar-refractivity contribution >= 4 is 5.78 Å². The molecule has 1 aliphatic carbocycles. The summed E-state index contributed by atoms with van der Waals surface area (Å²) < 4.78 is 0. The van der Waals surface area contributed by atoms with Crippen LogP contribution < -0.4 is 5.73 Å². The van der Waals surface area contributed by atoms with Crippen LogP contribution in [-0.2, 0) is 4.79 Å². The molecule has 1 fully saturated rings. The molecule has 0 amide bonds. The summed E-state index contributed by atoms with van der Waals surface area (Å²) in [6.07, 6.45) is 2.94. The number of rotatable bonds is 3. The van der Waals surface area contributed by atoms with E-state index in [0.29, 0.717) is 5.92 Å². The van der Waals surface area contributed by atoms with Crippen LogP contribution in [0.2, 0.25) is 0 Å². The van der Waals surface area contributed by atoms with Gasteiger partial charge >= 0.3 is 0 Å². The fourth-order valence-electron chi connectivity index (χ4n) is 0.872. The fraction of sp³-hybridized carbons (Fsp3) is 0.857. The summed E-state index contributed by atoms with van der Waals surface area (Å²) in [6, 6.07) is -0.183. The summed E-state index contributed by atoms with van der Waals surface area (Å²) in [4.78, 5) is 11.0. The molecule has 1 saturated carbocycles. The van der Waals surface area contributed by atoms with Crippen LogP contribution in [0.25, 0.3) is 0 Å². The Labute approximate surface area is 55.4 Å². The molecular weight excluding hydrogens is 114 g/mol. The quantitative estimate of drug-likeness (QED) is 0.606. The van der Waals surface area contributed by atoms with Crippen molar-refractivity contribution in [3.8, 4) is 0 Å². The van der Waals surface area contributed by atoms with Gasteiger partial charge in [0.15, 0.2) is 5.78 Å². The monoisotopic (exact) mass is 127 g/mol. The Balaban J connectivity index is 2.31. The van der Waals surface area contributed by atoms with Crippen molar-refractivity contribution < 1.29 is 4.79 Å². The highest BCUT2D eigenvalue weighted by Crippen LogP contribution is 2.30. The van der Waals surface area contributed by atoms with Gasteiger partial charge in [0.1, 0.15) is 0 Å². The van der Waals surface area contributed by atoms with Gasteiger partial charge in [0, 0.05) is 5.92 Å². The zero-order valence-corrected chi connectivity index (χ0v) is 5.76. The summed E-state index contributed by atoms with van der Waals surface area (Å²) in [5, 5.41) is 0. The Morgan fingerprint density at radius 1 is 1.78 bits per heavy atom. The lowest BCUT2D eigenvalue weighted by molar-refractivity contribution is -0.121. The van der Waals surface area contributed by atoms with Gasteiger partial charge < -0.3 is 5.73 Å². The minimum absolute atomic E-state index is 0.183. The van der Waals surface area contributed by atoms with E-state index in [4.69, 9.17) is 5.73 Å². The highest BCUT2D eigenvalue weighted by Gasteiger charge is 2.32. The summed E-state index contributed by atoms with van der Waals surface area (Å²) >= 11 is 0. The normalized spacial score (nSPS) is 21.6. The summed E-state index contributed by atoms with van der Waals surface area (Å²) in [5.41, 5.74) is 5.51. The lowest BCUT2D eigenvalue weighted by Crippen LogP contribution is -2.30. The maximum atomic E-state index is 11.0. The molecule has 1 aliphatic rings. The fourth-order valence-corrected chi connectivity index (χ4v) is 0.872. The molecule has 1 atom stereocenters. The zero-order valence-electron chi connectivity index (χ0n) is 5.76. The molecule has 0 unspecified atom stereocenters. The van der Waals surface area contributed by atoms with Crippen molar-refractivity contribution in [2.45, 2.75) is 32.2 Å². The smallest absolute Gasteiger partial charge is 0.152 e. The average molecular weight is 127 g/mol. The Bertz CT molecular complexity index is 118. The van der Waals surface area contributed by atoms with E-state index in [1.54, 1.807) is 0 Å². The average Bonchev–Trinajstić information content (AvgIpc) is 2.66. The molecule has 1 rings (SSSR count). The molecule has 0 aromatic rings. The predicted octanol–water partition coefficient (Wildman–Crippen LogP) is 0.703. The molecule has 9 heavy (non-hydrogen) atoms. The van der Waals surface area contributed by atoms with Crippen LogP contribution in [0.15, 0.2) is 0 Å². The largest absolute Gasteiger partial charge is 0.322 e. The molecule has 2 nitrogen and oxygen atoms in total. The summed E-state index contributed by atoms with van der Waals surface area (Å²) in [6.45, 7) is 1.95. The molecule has 0 aromatic heterocycles. The van der Waals surface area contributed by atoms with Gasteiger partial charge in [0.25, 0.3) is 0 Å². The number of hydrogen-bond donors (Lipinski definition) is 1. The Morgan fingerprint density at radius 3 is 2.67 bits per heavy atom. The number of carbonyl (C=O) groups is 1. The summed E-state index contributed by atoms with van der Waals surface area (Å²) in [7, 11) is 0. The standard InChI is InChI=1S/C7H13NO/c1-2-6(8)7(9)5-3-4-5/h5-6H,2-4,8H2,1H3/t6-/m0/s1. The number of hydrogen-bond acceptors (Lipinski definition) is 2. The highest BCUT2D eigenvalue weighted by atomic mass is 16.1. The topological polar surface area (TPSA) is 43.1 Å². The number of nitrogens with two attached hydrogens (primary N) is 1. The molecule has 0 spiro atoms. The molecule has 0 bridgehead atoms. The van der Waals surface area contributed by atoms with Crippen molar-refractivity contribution in [3.05, 3.63) is 0 Å². The van der Waals surface area contributed by atoms with Gasteiger partial charge in [0.05, 0.1) is 6.04 Å². The van der Waals surface area contributed by atoms with Gasteiger partial charge in [-0.25, -0.2) is 0 Å².